The molecule has 0 bridgehead atoms. The zero-order valence-electron chi connectivity index (χ0n) is 40.6. The van der Waals surface area contributed by atoms with Crippen LogP contribution < -0.4 is 0 Å². The standard InChI is InChI=1S/C48H80O18/c1-11-23(2)43(54)61-26(5)47(55)16-17-48(56)30-13-12-28-18-29(14-15-45(28,7)31(30)19-35(46(47,48)8)62-27(6)50)63-36-20-32(57-9)41(24(3)59-36)65-37-21-33(58-10)42(25(4)60-37)66-44-40(53)39(52)38(51)34(22-49)64-44/h23-26,28-42,44,49,51-53,55-56H,11-22H2,1-10H3/t23?,24-,25-,26?,28+,29+,30-,31+,32+,33-,34-,35-,36+,37+,38-,39+,40-,41-,42-,44+,45+,46-,47-,48+/m1/s1. The van der Waals surface area contributed by atoms with E-state index in [9.17, 15) is 40.2 Å². The van der Waals surface area contributed by atoms with Gasteiger partial charge in [-0.25, -0.2) is 0 Å². The molecule has 18 nitrogen and oxygen atoms in total. The van der Waals surface area contributed by atoms with E-state index in [-0.39, 0.29) is 48.0 Å². The zero-order chi connectivity index (χ0) is 48.3. The molecule has 380 valence electrons. The van der Waals surface area contributed by atoms with Gasteiger partial charge in [-0.3, -0.25) is 9.59 Å². The van der Waals surface area contributed by atoms with Crippen LogP contribution in [0.5, 0.6) is 0 Å². The van der Waals surface area contributed by atoms with Crippen molar-refractivity contribution in [1.29, 1.82) is 0 Å². The van der Waals surface area contributed by atoms with Gasteiger partial charge in [0.25, 0.3) is 0 Å². The van der Waals surface area contributed by atoms with Crippen molar-refractivity contribution in [1.82, 2.24) is 0 Å². The van der Waals surface area contributed by atoms with Gasteiger partial charge in [0.1, 0.15) is 54.4 Å². The molecule has 7 aliphatic rings. The largest absolute Gasteiger partial charge is 0.462 e. The molecule has 0 aromatic rings. The summed E-state index contributed by atoms with van der Waals surface area (Å²) in [4.78, 5) is 25.7. The fourth-order valence-corrected chi connectivity index (χ4v) is 13.7. The van der Waals surface area contributed by atoms with E-state index in [0.717, 1.165) is 32.1 Å². The molecule has 24 atom stereocenters. The summed E-state index contributed by atoms with van der Waals surface area (Å²) in [7, 11) is 3.15. The summed E-state index contributed by atoms with van der Waals surface area (Å²) in [6, 6.07) is 0. The highest BCUT2D eigenvalue weighted by molar-refractivity contribution is 5.72. The SMILES string of the molecule is CCC(C)C(=O)OC(C)[C@]1(O)CC[C@]2(O)[C@@H]3CC[C@H]4C[C@@H](O[C@H]5C[C@H](OC)[C@H](O[C@H]6C[C@@H](OC)[C@H](O[C@@H]7O[C@H](CO)[C@@H](O)[C@H](O)[C@H]7O)[C@@H](C)O6)[C@@H](C)O5)CC[C@]4(C)[C@H]3C[C@@H](OC(C)=O)[C@]12C. The van der Waals surface area contributed by atoms with E-state index >= 15 is 0 Å². The number of hydrogen-bond donors (Lipinski definition) is 6. The third-order valence-corrected chi connectivity index (χ3v) is 18.0. The molecule has 66 heavy (non-hydrogen) atoms. The summed E-state index contributed by atoms with van der Waals surface area (Å²) in [5.74, 6) is -1.09. The molecule has 3 heterocycles. The number of esters is 2. The van der Waals surface area contributed by atoms with Gasteiger partial charge in [0.2, 0.25) is 0 Å². The summed E-state index contributed by atoms with van der Waals surface area (Å²) in [6.07, 6.45) is -7.28. The van der Waals surface area contributed by atoms with E-state index in [1.54, 1.807) is 27.9 Å². The number of methoxy groups -OCH3 is 2. The Morgan fingerprint density at radius 2 is 1.38 bits per heavy atom. The van der Waals surface area contributed by atoms with Crippen LogP contribution in [0.25, 0.3) is 0 Å². The van der Waals surface area contributed by atoms with Gasteiger partial charge in [0.15, 0.2) is 18.9 Å². The predicted molar refractivity (Wildman–Crippen MR) is 232 cm³/mol. The Morgan fingerprint density at radius 3 is 1.97 bits per heavy atom. The van der Waals surface area contributed by atoms with Gasteiger partial charge in [0.05, 0.1) is 54.1 Å². The average Bonchev–Trinajstić information content (AvgIpc) is 3.51. The molecule has 0 radical (unpaired) electrons. The lowest BCUT2D eigenvalue weighted by Crippen LogP contribution is -2.72. The molecule has 0 amide bonds. The highest BCUT2D eigenvalue weighted by atomic mass is 16.8. The highest BCUT2D eigenvalue weighted by Crippen LogP contribution is 2.71. The van der Waals surface area contributed by atoms with Gasteiger partial charge >= 0.3 is 11.9 Å². The number of carbonyl (C=O) groups is 2. The molecule has 0 aromatic heterocycles. The Bertz CT molecular complexity index is 1670. The van der Waals surface area contributed by atoms with Crippen LogP contribution in [0.4, 0.5) is 0 Å². The van der Waals surface area contributed by atoms with Crippen molar-refractivity contribution in [2.75, 3.05) is 20.8 Å². The average molecular weight is 945 g/mol. The molecule has 3 aliphatic heterocycles. The maximum absolute atomic E-state index is 13.0. The summed E-state index contributed by atoms with van der Waals surface area (Å²) < 4.78 is 61.5. The quantitative estimate of drug-likeness (QED) is 0.108. The second kappa shape index (κ2) is 20.2. The molecule has 0 spiro atoms. The fraction of sp³-hybridized carbons (Fsp3) is 0.958. The second-order valence-corrected chi connectivity index (χ2v) is 21.3. The Morgan fingerprint density at radius 1 is 0.758 bits per heavy atom. The van der Waals surface area contributed by atoms with Crippen LogP contribution in [0.2, 0.25) is 0 Å². The number of rotatable bonds is 14. The molecule has 2 unspecified atom stereocenters. The Kier molecular flexibility index (Phi) is 16.0. The first-order valence-electron chi connectivity index (χ1n) is 24.6. The lowest BCUT2D eigenvalue weighted by atomic mass is 9.42. The third-order valence-electron chi connectivity index (χ3n) is 18.0. The number of aliphatic hydroxyl groups is 6. The van der Waals surface area contributed by atoms with Gasteiger partial charge < -0.3 is 78.0 Å². The Balaban J connectivity index is 0.971. The molecule has 6 N–H and O–H groups in total. The zero-order valence-corrected chi connectivity index (χ0v) is 40.6. The first-order chi connectivity index (χ1) is 31.1. The van der Waals surface area contributed by atoms with Crippen molar-refractivity contribution >= 4 is 11.9 Å². The molecule has 7 rings (SSSR count). The van der Waals surface area contributed by atoms with Crippen LogP contribution in [0.1, 0.15) is 126 Å². The lowest BCUT2D eigenvalue weighted by Gasteiger charge is -2.66. The fourth-order valence-electron chi connectivity index (χ4n) is 13.7. The maximum atomic E-state index is 13.0. The number of hydrogen-bond acceptors (Lipinski definition) is 18. The summed E-state index contributed by atoms with van der Waals surface area (Å²) in [6.45, 7) is 14.0. The molecule has 3 saturated heterocycles. The topological polar surface area (TPSA) is 248 Å². The van der Waals surface area contributed by atoms with Crippen molar-refractivity contribution < 1.29 is 87.6 Å². The molecule has 18 heteroatoms. The Labute approximate surface area is 389 Å². The van der Waals surface area contributed by atoms with E-state index in [2.05, 4.69) is 6.92 Å². The summed E-state index contributed by atoms with van der Waals surface area (Å²) >= 11 is 0. The first-order valence-corrected chi connectivity index (χ1v) is 24.6. The van der Waals surface area contributed by atoms with E-state index in [1.165, 1.54) is 14.0 Å². The van der Waals surface area contributed by atoms with Gasteiger partial charge in [-0.1, -0.05) is 27.7 Å². The minimum Gasteiger partial charge on any atom is -0.462 e. The molecular formula is C48H80O18. The van der Waals surface area contributed by atoms with E-state index < -0.39 is 127 Å². The van der Waals surface area contributed by atoms with Gasteiger partial charge in [-0.2, -0.15) is 0 Å². The van der Waals surface area contributed by atoms with Crippen molar-refractivity contribution in [2.45, 2.75) is 235 Å². The van der Waals surface area contributed by atoms with Crippen molar-refractivity contribution in [3.05, 3.63) is 0 Å². The minimum atomic E-state index is -1.62. The van der Waals surface area contributed by atoms with E-state index in [4.69, 9.17) is 47.4 Å². The van der Waals surface area contributed by atoms with Crippen LogP contribution in [-0.4, -0.2) is 173 Å². The molecule has 0 aromatic carbocycles. The molecule has 4 saturated carbocycles. The number of ether oxygens (including phenoxy) is 10. The number of fused-ring (bicyclic) bond motifs is 5. The lowest BCUT2D eigenvalue weighted by molar-refractivity contribution is -0.353. The molecular weight excluding hydrogens is 865 g/mol. The van der Waals surface area contributed by atoms with Gasteiger partial charge in [0, 0.05) is 34.0 Å². The summed E-state index contributed by atoms with van der Waals surface area (Å²) in [5.41, 5.74) is -4.45. The highest BCUT2D eigenvalue weighted by Gasteiger charge is 2.77. The van der Waals surface area contributed by atoms with Gasteiger partial charge in [-0.05, 0) is 102 Å². The Hall–Kier alpha value is -1.62. The monoisotopic (exact) mass is 945 g/mol. The molecule has 7 fully saturated rings. The van der Waals surface area contributed by atoms with E-state index in [1.807, 2.05) is 20.8 Å². The number of carbonyl (C=O) groups excluding carboxylic acids is 2. The molecule has 4 aliphatic carbocycles. The third kappa shape index (κ3) is 9.14. The van der Waals surface area contributed by atoms with Crippen molar-refractivity contribution in [3.63, 3.8) is 0 Å². The van der Waals surface area contributed by atoms with Crippen LogP contribution in [0, 0.1) is 34.5 Å². The van der Waals surface area contributed by atoms with Crippen molar-refractivity contribution in [3.8, 4) is 0 Å². The smallest absolute Gasteiger partial charge is 0.309 e. The predicted octanol–water partition coefficient (Wildman–Crippen LogP) is 2.65. The number of aliphatic hydroxyl groups excluding tert-OH is 4. The minimum absolute atomic E-state index is 0.0127. The van der Waals surface area contributed by atoms with Crippen LogP contribution in [-0.2, 0) is 57.0 Å². The van der Waals surface area contributed by atoms with E-state index in [0.29, 0.717) is 25.7 Å². The normalized spacial score (nSPS) is 50.3. The van der Waals surface area contributed by atoms with Gasteiger partial charge in [-0.15, -0.1) is 0 Å². The van der Waals surface area contributed by atoms with Crippen LogP contribution in [0.15, 0.2) is 0 Å². The van der Waals surface area contributed by atoms with Crippen LogP contribution in [0.3, 0.4) is 0 Å². The second-order valence-electron chi connectivity index (χ2n) is 21.3. The summed E-state index contributed by atoms with van der Waals surface area (Å²) in [5, 5.41) is 66.4. The first kappa shape index (κ1) is 52.2. The van der Waals surface area contributed by atoms with Crippen molar-refractivity contribution in [2.24, 2.45) is 34.5 Å². The van der Waals surface area contributed by atoms with Crippen LogP contribution >= 0.6 is 0 Å². The maximum Gasteiger partial charge on any atom is 0.309 e.